The van der Waals surface area contributed by atoms with Crippen molar-refractivity contribution in [2.45, 2.75) is 6.61 Å². The van der Waals surface area contributed by atoms with E-state index in [1.807, 2.05) is 29.0 Å². The van der Waals surface area contributed by atoms with Crippen LogP contribution in [0.2, 0.25) is 0 Å². The van der Waals surface area contributed by atoms with Gasteiger partial charge in [0, 0.05) is 4.88 Å². The molecule has 92 valence electrons. The van der Waals surface area contributed by atoms with E-state index in [2.05, 4.69) is 15.4 Å². The number of hydrogen-bond donors (Lipinski definition) is 2. The molecule has 0 aliphatic heterocycles. The molecule has 0 spiro atoms. The number of nitrogen functional groups attached to an aromatic ring is 1. The Kier molecular flexibility index (Phi) is 3.09. The Balaban J connectivity index is 1.92. The predicted molar refractivity (Wildman–Crippen MR) is 73.9 cm³/mol. The van der Waals surface area contributed by atoms with Gasteiger partial charge in [0.1, 0.15) is 11.4 Å². The lowest BCUT2D eigenvalue weighted by molar-refractivity contribution is 0.301. The van der Waals surface area contributed by atoms with Crippen molar-refractivity contribution in [3.63, 3.8) is 0 Å². The van der Waals surface area contributed by atoms with E-state index in [1.165, 1.54) is 11.3 Å². The van der Waals surface area contributed by atoms with Crippen LogP contribution in [0.15, 0.2) is 29.0 Å². The molecule has 0 amide bonds. The van der Waals surface area contributed by atoms with Crippen LogP contribution in [-0.4, -0.2) is 9.97 Å². The molecule has 0 aliphatic rings. The quantitative estimate of drug-likeness (QED) is 0.567. The summed E-state index contributed by atoms with van der Waals surface area (Å²) in [6, 6.07) is 5.97. The van der Waals surface area contributed by atoms with Gasteiger partial charge in [0.15, 0.2) is 0 Å². The highest BCUT2D eigenvalue weighted by atomic mass is 32.1. The Labute approximate surface area is 111 Å². The maximum atomic E-state index is 5.73. The Morgan fingerprint density at radius 2 is 2.17 bits per heavy atom. The van der Waals surface area contributed by atoms with Crippen LogP contribution in [0.3, 0.4) is 0 Å². The molecular weight excluding hydrogens is 268 g/mol. The molecule has 18 heavy (non-hydrogen) atoms. The lowest BCUT2D eigenvalue weighted by atomic mass is 10.4. The Morgan fingerprint density at radius 3 is 2.94 bits per heavy atom. The molecular formula is C11H10N4OS2. The molecule has 0 saturated heterocycles. The number of fused-ring (bicyclic) bond motifs is 1. The number of hydrogen-bond acceptors (Lipinski definition) is 7. The van der Waals surface area contributed by atoms with E-state index < -0.39 is 0 Å². The fraction of sp³-hybridized carbons (Fsp3) is 0.0909. The van der Waals surface area contributed by atoms with Gasteiger partial charge < -0.3 is 4.74 Å². The number of aromatic nitrogens is 2. The van der Waals surface area contributed by atoms with Gasteiger partial charge in [-0.1, -0.05) is 6.07 Å². The molecule has 0 saturated carbocycles. The van der Waals surface area contributed by atoms with Crippen molar-refractivity contribution < 1.29 is 4.74 Å². The summed E-state index contributed by atoms with van der Waals surface area (Å²) in [6.45, 7) is 0.504. The minimum absolute atomic E-state index is 0.367. The molecule has 0 atom stereocenters. The van der Waals surface area contributed by atoms with Crippen LogP contribution >= 0.6 is 22.7 Å². The molecule has 7 heteroatoms. The van der Waals surface area contributed by atoms with Crippen LogP contribution in [0, 0.1) is 0 Å². The van der Waals surface area contributed by atoms with Gasteiger partial charge in [-0.3, -0.25) is 5.43 Å². The summed E-state index contributed by atoms with van der Waals surface area (Å²) in [5, 5.41) is 4.89. The number of nitrogens with two attached hydrogens (primary N) is 1. The first-order chi connectivity index (χ1) is 8.86. The van der Waals surface area contributed by atoms with Gasteiger partial charge in [-0.15, -0.1) is 22.7 Å². The number of nitrogens with zero attached hydrogens (tertiary/aromatic N) is 2. The summed E-state index contributed by atoms with van der Waals surface area (Å²) >= 11 is 3.18. The number of anilines is 1. The van der Waals surface area contributed by atoms with Gasteiger partial charge in [-0.25, -0.2) is 10.8 Å². The Hall–Kier alpha value is -1.70. The topological polar surface area (TPSA) is 73.1 Å². The van der Waals surface area contributed by atoms with Gasteiger partial charge in [0.25, 0.3) is 0 Å². The third-order valence-electron chi connectivity index (χ3n) is 2.35. The largest absolute Gasteiger partial charge is 0.471 e. The zero-order valence-electron chi connectivity index (χ0n) is 9.29. The molecule has 3 aromatic heterocycles. The first-order valence-electron chi connectivity index (χ1n) is 5.24. The van der Waals surface area contributed by atoms with Gasteiger partial charge in [0.2, 0.25) is 11.8 Å². The Bertz CT molecular complexity index is 650. The number of thiophene rings is 2. The molecule has 0 fully saturated rings. The van der Waals surface area contributed by atoms with Crippen LogP contribution in [0.4, 0.5) is 5.95 Å². The summed E-state index contributed by atoms with van der Waals surface area (Å²) in [6.07, 6.45) is 0. The average Bonchev–Trinajstić information content (AvgIpc) is 3.06. The fourth-order valence-electron chi connectivity index (χ4n) is 1.54. The summed E-state index contributed by atoms with van der Waals surface area (Å²) < 4.78 is 5.73. The average molecular weight is 278 g/mol. The molecule has 0 aromatic carbocycles. The molecule has 3 heterocycles. The molecule has 5 nitrogen and oxygen atoms in total. The summed E-state index contributed by atoms with van der Waals surface area (Å²) in [4.78, 5) is 10.5. The second-order valence-electron chi connectivity index (χ2n) is 3.50. The minimum Gasteiger partial charge on any atom is -0.471 e. The van der Waals surface area contributed by atoms with Crippen molar-refractivity contribution >= 4 is 38.8 Å². The first-order valence-corrected chi connectivity index (χ1v) is 7.00. The maximum absolute atomic E-state index is 5.73. The van der Waals surface area contributed by atoms with E-state index >= 15 is 0 Å². The highest BCUT2D eigenvalue weighted by molar-refractivity contribution is 7.16. The highest BCUT2D eigenvalue weighted by Gasteiger charge is 2.09. The van der Waals surface area contributed by atoms with Gasteiger partial charge >= 0.3 is 0 Å². The third kappa shape index (κ3) is 2.15. The van der Waals surface area contributed by atoms with Crippen LogP contribution in [0.1, 0.15) is 4.88 Å². The monoisotopic (exact) mass is 278 g/mol. The normalized spacial score (nSPS) is 10.7. The second kappa shape index (κ2) is 4.89. The molecule has 3 N–H and O–H groups in total. The first kappa shape index (κ1) is 11.4. The lowest BCUT2D eigenvalue weighted by Gasteiger charge is -2.06. The van der Waals surface area contributed by atoms with Crippen molar-refractivity contribution in [2.24, 2.45) is 5.84 Å². The smallest absolute Gasteiger partial charge is 0.241 e. The van der Waals surface area contributed by atoms with E-state index in [4.69, 9.17) is 10.6 Å². The standard InChI is InChI=1S/C11H10N4OS2/c12-15-11-13-9(8-3-5-18-10(8)14-11)16-6-7-2-1-4-17-7/h1-5H,6,12H2,(H,13,14,15). The molecule has 3 rings (SSSR count). The molecule has 0 bridgehead atoms. The fourth-order valence-corrected chi connectivity index (χ4v) is 2.91. The summed E-state index contributed by atoms with van der Waals surface area (Å²) in [5.74, 6) is 6.27. The van der Waals surface area contributed by atoms with Crippen LogP contribution in [-0.2, 0) is 6.61 Å². The zero-order valence-corrected chi connectivity index (χ0v) is 10.9. The van der Waals surface area contributed by atoms with Crippen molar-refractivity contribution in [1.29, 1.82) is 0 Å². The molecule has 3 aromatic rings. The van der Waals surface area contributed by atoms with Crippen molar-refractivity contribution in [1.82, 2.24) is 9.97 Å². The molecule has 0 unspecified atom stereocenters. The molecule has 0 aliphatic carbocycles. The molecule has 0 radical (unpaired) electrons. The van der Waals surface area contributed by atoms with E-state index in [0.717, 1.165) is 15.1 Å². The van der Waals surface area contributed by atoms with E-state index in [-0.39, 0.29) is 0 Å². The maximum Gasteiger partial charge on any atom is 0.241 e. The van der Waals surface area contributed by atoms with Crippen LogP contribution in [0.5, 0.6) is 5.88 Å². The van der Waals surface area contributed by atoms with E-state index in [0.29, 0.717) is 18.4 Å². The number of rotatable bonds is 4. The van der Waals surface area contributed by atoms with Crippen LogP contribution in [0.25, 0.3) is 10.2 Å². The van der Waals surface area contributed by atoms with Crippen molar-refractivity contribution in [3.05, 3.63) is 33.8 Å². The third-order valence-corrected chi connectivity index (χ3v) is 4.01. The lowest BCUT2D eigenvalue weighted by Crippen LogP contribution is -2.11. The number of hydrazine groups is 1. The zero-order chi connectivity index (χ0) is 12.4. The number of ether oxygens (including phenoxy) is 1. The van der Waals surface area contributed by atoms with Crippen molar-refractivity contribution in [3.8, 4) is 5.88 Å². The van der Waals surface area contributed by atoms with Crippen LogP contribution < -0.4 is 16.0 Å². The second-order valence-corrected chi connectivity index (χ2v) is 5.43. The highest BCUT2D eigenvalue weighted by Crippen LogP contribution is 2.28. The summed E-state index contributed by atoms with van der Waals surface area (Å²) in [5.41, 5.74) is 2.45. The van der Waals surface area contributed by atoms with E-state index in [9.17, 15) is 0 Å². The predicted octanol–water partition coefficient (Wildman–Crippen LogP) is 2.62. The minimum atomic E-state index is 0.367. The van der Waals surface area contributed by atoms with Gasteiger partial charge in [-0.05, 0) is 22.9 Å². The van der Waals surface area contributed by atoms with E-state index in [1.54, 1.807) is 11.3 Å². The Morgan fingerprint density at radius 1 is 1.22 bits per heavy atom. The SMILES string of the molecule is NNc1nc(OCc2cccs2)c2ccsc2n1. The van der Waals surface area contributed by atoms with Gasteiger partial charge in [-0.2, -0.15) is 4.98 Å². The summed E-state index contributed by atoms with van der Waals surface area (Å²) in [7, 11) is 0. The number of nitrogens with one attached hydrogen (secondary N) is 1. The van der Waals surface area contributed by atoms with Crippen molar-refractivity contribution in [2.75, 3.05) is 5.43 Å². The van der Waals surface area contributed by atoms with Gasteiger partial charge in [0.05, 0.1) is 5.39 Å².